The predicted molar refractivity (Wildman–Crippen MR) is 78.0 cm³/mol. The van der Waals surface area contributed by atoms with Crippen LogP contribution in [-0.2, 0) is 12.3 Å². The lowest BCUT2D eigenvalue weighted by Gasteiger charge is -2.04. The van der Waals surface area contributed by atoms with Crippen molar-refractivity contribution < 1.29 is 0 Å². The molecule has 0 spiro atoms. The highest BCUT2D eigenvalue weighted by Crippen LogP contribution is 2.24. The Balaban J connectivity index is 1.99. The molecule has 0 saturated heterocycles. The average molecular weight is 308 g/mol. The third-order valence-electron chi connectivity index (χ3n) is 2.45. The van der Waals surface area contributed by atoms with Crippen LogP contribution >= 0.6 is 27.7 Å². The molecule has 0 aliphatic carbocycles. The molecule has 0 heterocycles. The fourth-order valence-corrected chi connectivity index (χ4v) is 2.65. The lowest BCUT2D eigenvalue weighted by Crippen LogP contribution is -1.96. The molecule has 0 radical (unpaired) electrons. The minimum Gasteiger partial charge on any atom is -0.326 e. The topological polar surface area (TPSA) is 26.0 Å². The molecule has 0 aromatic heterocycles. The van der Waals surface area contributed by atoms with E-state index in [2.05, 4.69) is 64.5 Å². The third-order valence-corrected chi connectivity index (χ3v) is 4.06. The molecule has 0 aliphatic heterocycles. The van der Waals surface area contributed by atoms with Crippen LogP contribution in [0.2, 0.25) is 0 Å². The van der Waals surface area contributed by atoms with E-state index in [1.54, 1.807) is 0 Å². The zero-order valence-electron chi connectivity index (χ0n) is 9.40. The monoisotopic (exact) mass is 307 g/mol. The van der Waals surface area contributed by atoms with Gasteiger partial charge < -0.3 is 5.73 Å². The molecule has 2 aromatic carbocycles. The van der Waals surface area contributed by atoms with E-state index in [0.29, 0.717) is 6.54 Å². The molecule has 0 amide bonds. The first-order chi connectivity index (χ1) is 8.28. The van der Waals surface area contributed by atoms with Gasteiger partial charge in [0.25, 0.3) is 0 Å². The van der Waals surface area contributed by atoms with Gasteiger partial charge >= 0.3 is 0 Å². The lowest BCUT2D eigenvalue weighted by atomic mass is 10.1. The molecule has 2 rings (SSSR count). The maximum absolute atomic E-state index is 5.63. The summed E-state index contributed by atoms with van der Waals surface area (Å²) in [6.07, 6.45) is 0. The summed E-state index contributed by atoms with van der Waals surface area (Å²) < 4.78 is 1.12. The van der Waals surface area contributed by atoms with Crippen molar-refractivity contribution in [3.05, 3.63) is 64.1 Å². The Hall–Kier alpha value is -0.770. The molecule has 2 aromatic rings. The van der Waals surface area contributed by atoms with Gasteiger partial charge in [0.1, 0.15) is 0 Å². The van der Waals surface area contributed by atoms with Gasteiger partial charge in [-0.15, -0.1) is 11.8 Å². The number of benzene rings is 2. The van der Waals surface area contributed by atoms with Crippen LogP contribution in [0.5, 0.6) is 0 Å². The van der Waals surface area contributed by atoms with Crippen LogP contribution in [0.15, 0.2) is 57.9 Å². The molecule has 2 N–H and O–H groups in total. The summed E-state index contributed by atoms with van der Waals surface area (Å²) in [4.78, 5) is 1.28. The Bertz CT molecular complexity index is 482. The van der Waals surface area contributed by atoms with Crippen LogP contribution in [0.1, 0.15) is 11.1 Å². The van der Waals surface area contributed by atoms with Crippen molar-refractivity contribution in [3.63, 3.8) is 0 Å². The van der Waals surface area contributed by atoms with Crippen molar-refractivity contribution in [3.8, 4) is 0 Å². The summed E-state index contributed by atoms with van der Waals surface area (Å²) >= 11 is 5.28. The molecule has 1 nitrogen and oxygen atoms in total. The van der Waals surface area contributed by atoms with E-state index in [1.165, 1.54) is 16.0 Å². The van der Waals surface area contributed by atoms with Gasteiger partial charge in [-0.05, 0) is 35.4 Å². The number of nitrogens with two attached hydrogens (primary N) is 1. The third kappa shape index (κ3) is 3.87. The normalized spacial score (nSPS) is 10.5. The van der Waals surface area contributed by atoms with Gasteiger partial charge in [0, 0.05) is 21.7 Å². The number of hydrogen-bond donors (Lipinski definition) is 1. The Morgan fingerprint density at radius 1 is 1.00 bits per heavy atom. The van der Waals surface area contributed by atoms with E-state index in [-0.39, 0.29) is 0 Å². The molecular formula is C14H14BrNS. The van der Waals surface area contributed by atoms with E-state index >= 15 is 0 Å². The van der Waals surface area contributed by atoms with Crippen LogP contribution in [-0.4, -0.2) is 0 Å². The zero-order valence-corrected chi connectivity index (χ0v) is 11.8. The summed E-state index contributed by atoms with van der Waals surface area (Å²) in [6.45, 7) is 0.608. The summed E-state index contributed by atoms with van der Waals surface area (Å²) in [5, 5.41) is 0. The van der Waals surface area contributed by atoms with Gasteiger partial charge in [-0.25, -0.2) is 0 Å². The van der Waals surface area contributed by atoms with Crippen LogP contribution in [0.3, 0.4) is 0 Å². The standard InChI is InChI=1S/C14H14BrNS/c15-13-4-6-14(7-5-13)17-10-12-3-1-2-11(8-12)9-16/h1-8H,9-10,16H2. The molecule has 17 heavy (non-hydrogen) atoms. The first-order valence-electron chi connectivity index (χ1n) is 5.44. The van der Waals surface area contributed by atoms with Crippen molar-refractivity contribution >= 4 is 27.7 Å². The van der Waals surface area contributed by atoms with E-state index in [0.717, 1.165) is 10.2 Å². The minimum atomic E-state index is 0.608. The molecule has 0 aliphatic rings. The summed E-state index contributed by atoms with van der Waals surface area (Å²) in [5.41, 5.74) is 8.14. The predicted octanol–water partition coefficient (Wildman–Crippen LogP) is 4.20. The highest BCUT2D eigenvalue weighted by atomic mass is 79.9. The van der Waals surface area contributed by atoms with Crippen molar-refractivity contribution in [2.45, 2.75) is 17.2 Å². The Morgan fingerprint density at radius 2 is 1.71 bits per heavy atom. The van der Waals surface area contributed by atoms with Crippen molar-refractivity contribution in [2.24, 2.45) is 5.73 Å². The Kier molecular flexibility index (Phi) is 4.66. The largest absolute Gasteiger partial charge is 0.326 e. The summed E-state index contributed by atoms with van der Waals surface area (Å²) in [5.74, 6) is 0.982. The second kappa shape index (κ2) is 6.24. The van der Waals surface area contributed by atoms with Gasteiger partial charge in [0.2, 0.25) is 0 Å². The summed E-state index contributed by atoms with van der Waals surface area (Å²) in [6, 6.07) is 16.8. The van der Waals surface area contributed by atoms with Crippen molar-refractivity contribution in [1.82, 2.24) is 0 Å². The average Bonchev–Trinajstić information content (AvgIpc) is 2.38. The fraction of sp³-hybridized carbons (Fsp3) is 0.143. The van der Waals surface area contributed by atoms with Crippen LogP contribution in [0.4, 0.5) is 0 Å². The number of hydrogen-bond acceptors (Lipinski definition) is 2. The molecule has 88 valence electrons. The highest BCUT2D eigenvalue weighted by Gasteiger charge is 1.97. The Morgan fingerprint density at radius 3 is 2.41 bits per heavy atom. The quantitative estimate of drug-likeness (QED) is 0.857. The van der Waals surface area contributed by atoms with Crippen LogP contribution in [0.25, 0.3) is 0 Å². The zero-order chi connectivity index (χ0) is 12.1. The fourth-order valence-electron chi connectivity index (χ4n) is 1.54. The van der Waals surface area contributed by atoms with Gasteiger partial charge in [-0.1, -0.05) is 40.2 Å². The van der Waals surface area contributed by atoms with E-state index in [1.807, 2.05) is 11.8 Å². The first-order valence-corrected chi connectivity index (χ1v) is 7.22. The SMILES string of the molecule is NCc1cccc(CSc2ccc(Br)cc2)c1. The van der Waals surface area contributed by atoms with Crippen LogP contribution in [0, 0.1) is 0 Å². The molecule has 0 saturated carbocycles. The number of thioether (sulfide) groups is 1. The van der Waals surface area contributed by atoms with Crippen LogP contribution < -0.4 is 5.73 Å². The van der Waals surface area contributed by atoms with E-state index < -0.39 is 0 Å². The van der Waals surface area contributed by atoms with Gasteiger partial charge in [0.15, 0.2) is 0 Å². The molecule has 0 atom stereocenters. The second-order valence-corrected chi connectivity index (χ2v) is 5.73. The number of rotatable bonds is 4. The molecule has 0 unspecified atom stereocenters. The highest BCUT2D eigenvalue weighted by molar-refractivity contribution is 9.10. The van der Waals surface area contributed by atoms with Gasteiger partial charge in [-0.2, -0.15) is 0 Å². The van der Waals surface area contributed by atoms with Crippen molar-refractivity contribution in [1.29, 1.82) is 0 Å². The first kappa shape index (κ1) is 12.7. The molecule has 0 bridgehead atoms. The molecule has 0 fully saturated rings. The second-order valence-electron chi connectivity index (χ2n) is 3.77. The number of halogens is 1. The smallest absolute Gasteiger partial charge is 0.0232 e. The molecular weight excluding hydrogens is 294 g/mol. The van der Waals surface area contributed by atoms with Gasteiger partial charge in [-0.3, -0.25) is 0 Å². The Labute approximate surface area is 115 Å². The molecule has 3 heteroatoms. The minimum absolute atomic E-state index is 0.608. The van der Waals surface area contributed by atoms with Crippen molar-refractivity contribution in [2.75, 3.05) is 0 Å². The maximum atomic E-state index is 5.63. The van der Waals surface area contributed by atoms with E-state index in [9.17, 15) is 0 Å². The van der Waals surface area contributed by atoms with E-state index in [4.69, 9.17) is 5.73 Å². The lowest BCUT2D eigenvalue weighted by molar-refractivity contribution is 1.06. The van der Waals surface area contributed by atoms with Gasteiger partial charge in [0.05, 0.1) is 0 Å². The summed E-state index contributed by atoms with van der Waals surface area (Å²) in [7, 11) is 0. The maximum Gasteiger partial charge on any atom is 0.0232 e.